The van der Waals surface area contributed by atoms with Gasteiger partial charge in [-0.3, -0.25) is 4.79 Å². The Labute approximate surface area is 110 Å². The van der Waals surface area contributed by atoms with Crippen LogP contribution in [0.1, 0.15) is 6.92 Å². The summed E-state index contributed by atoms with van der Waals surface area (Å²) in [6, 6.07) is 1.87. The predicted molar refractivity (Wildman–Crippen MR) is 69.3 cm³/mol. The van der Waals surface area contributed by atoms with Gasteiger partial charge in [-0.1, -0.05) is 11.8 Å². The molecule has 0 aromatic carbocycles. The number of rotatable bonds is 4. The maximum absolute atomic E-state index is 10.6. The highest BCUT2D eigenvalue weighted by molar-refractivity contribution is 9.10. The van der Waals surface area contributed by atoms with Gasteiger partial charge in [0.15, 0.2) is 10.8 Å². The van der Waals surface area contributed by atoms with Crippen molar-refractivity contribution in [3.8, 4) is 0 Å². The summed E-state index contributed by atoms with van der Waals surface area (Å²) < 4.78 is 2.77. The molecule has 0 radical (unpaired) electrons. The number of aromatic nitrogens is 3. The molecule has 0 saturated carbocycles. The Morgan fingerprint density at radius 2 is 2.41 bits per heavy atom. The Balaban J connectivity index is 2.44. The van der Waals surface area contributed by atoms with Crippen molar-refractivity contribution in [3.63, 3.8) is 0 Å². The average molecular weight is 316 g/mol. The maximum Gasteiger partial charge on any atom is 0.313 e. The number of carboxylic acids is 1. The number of aliphatic carboxylic acids is 1. The number of aryl methyl sites for hydroxylation is 1. The van der Waals surface area contributed by atoms with E-state index in [2.05, 4.69) is 25.9 Å². The Hall–Kier alpha value is -1.08. The normalized spacial score (nSPS) is 10.9. The first-order chi connectivity index (χ1) is 8.11. The zero-order valence-corrected chi connectivity index (χ0v) is 11.5. The van der Waals surface area contributed by atoms with E-state index < -0.39 is 5.97 Å². The van der Waals surface area contributed by atoms with Crippen LogP contribution >= 0.6 is 27.7 Å². The van der Waals surface area contributed by atoms with Gasteiger partial charge in [0, 0.05) is 17.2 Å². The first kappa shape index (κ1) is 12.4. The fourth-order valence-electron chi connectivity index (χ4n) is 1.49. The summed E-state index contributed by atoms with van der Waals surface area (Å²) in [5.41, 5.74) is 1.55. The van der Waals surface area contributed by atoms with Crippen LogP contribution in [0.25, 0.3) is 11.2 Å². The average Bonchev–Trinajstić information content (AvgIpc) is 2.62. The summed E-state index contributed by atoms with van der Waals surface area (Å²) in [5, 5.41) is 9.37. The fourth-order valence-corrected chi connectivity index (χ4v) is 2.59. The Morgan fingerprint density at radius 1 is 1.65 bits per heavy atom. The molecule has 7 heteroatoms. The first-order valence-electron chi connectivity index (χ1n) is 4.98. The highest BCUT2D eigenvalue weighted by Gasteiger charge is 2.12. The highest BCUT2D eigenvalue weighted by atomic mass is 79.9. The van der Waals surface area contributed by atoms with Crippen molar-refractivity contribution in [3.05, 3.63) is 16.7 Å². The fraction of sp³-hybridized carbons (Fsp3) is 0.300. The van der Waals surface area contributed by atoms with Gasteiger partial charge in [0.2, 0.25) is 0 Å². The van der Waals surface area contributed by atoms with E-state index in [-0.39, 0.29) is 5.75 Å². The molecule has 0 saturated heterocycles. The lowest BCUT2D eigenvalue weighted by molar-refractivity contribution is -0.133. The number of halogens is 1. The lowest BCUT2D eigenvalue weighted by atomic mass is 10.4. The van der Waals surface area contributed by atoms with Crippen molar-refractivity contribution >= 4 is 44.8 Å². The number of fused-ring (bicyclic) bond motifs is 1. The molecule has 0 aliphatic heterocycles. The molecule has 90 valence electrons. The molecule has 0 amide bonds. The lowest BCUT2D eigenvalue weighted by Gasteiger charge is -2.02. The van der Waals surface area contributed by atoms with Crippen LogP contribution in [0.15, 0.2) is 21.9 Å². The molecule has 0 bridgehead atoms. The van der Waals surface area contributed by atoms with E-state index in [1.54, 1.807) is 6.20 Å². The van der Waals surface area contributed by atoms with Crippen molar-refractivity contribution in [1.29, 1.82) is 0 Å². The van der Waals surface area contributed by atoms with Gasteiger partial charge in [-0.2, -0.15) is 0 Å². The summed E-state index contributed by atoms with van der Waals surface area (Å²) >= 11 is 4.55. The van der Waals surface area contributed by atoms with Gasteiger partial charge in [0.25, 0.3) is 0 Å². The van der Waals surface area contributed by atoms with Crippen molar-refractivity contribution in [1.82, 2.24) is 14.5 Å². The number of pyridine rings is 1. The van der Waals surface area contributed by atoms with Crippen LogP contribution in [0.4, 0.5) is 0 Å². The van der Waals surface area contributed by atoms with Crippen LogP contribution in [0.2, 0.25) is 0 Å². The lowest BCUT2D eigenvalue weighted by Crippen LogP contribution is -2.02. The zero-order chi connectivity index (χ0) is 12.4. The number of hydrogen-bond donors (Lipinski definition) is 1. The van der Waals surface area contributed by atoms with Crippen molar-refractivity contribution in [2.75, 3.05) is 5.75 Å². The van der Waals surface area contributed by atoms with E-state index in [4.69, 9.17) is 5.11 Å². The largest absolute Gasteiger partial charge is 0.481 e. The van der Waals surface area contributed by atoms with E-state index in [1.807, 2.05) is 17.6 Å². The number of thioether (sulfide) groups is 1. The van der Waals surface area contributed by atoms with Crippen molar-refractivity contribution in [2.24, 2.45) is 0 Å². The monoisotopic (exact) mass is 315 g/mol. The minimum absolute atomic E-state index is 0.00446. The van der Waals surface area contributed by atoms with Gasteiger partial charge < -0.3 is 9.67 Å². The highest BCUT2D eigenvalue weighted by Crippen LogP contribution is 2.24. The van der Waals surface area contributed by atoms with Gasteiger partial charge >= 0.3 is 5.97 Å². The molecule has 0 spiro atoms. The quantitative estimate of drug-likeness (QED) is 0.877. The number of carboxylic acid groups (broad SMARTS) is 1. The third kappa shape index (κ3) is 2.61. The number of hydrogen-bond acceptors (Lipinski definition) is 4. The Morgan fingerprint density at radius 3 is 3.06 bits per heavy atom. The standard InChI is InChI=1S/C10H10BrN3O2S/c1-2-14-9-7(3-6(11)4-12-9)13-10(14)17-5-8(15)16/h3-4H,2,5H2,1H3,(H,15,16). The molecule has 2 heterocycles. The van der Waals surface area contributed by atoms with Crippen molar-refractivity contribution < 1.29 is 9.90 Å². The van der Waals surface area contributed by atoms with E-state index in [0.29, 0.717) is 11.7 Å². The molecule has 2 rings (SSSR count). The minimum Gasteiger partial charge on any atom is -0.481 e. The SMILES string of the molecule is CCn1c(SCC(=O)O)nc2cc(Br)cnc21. The Kier molecular flexibility index (Phi) is 3.68. The predicted octanol–water partition coefficient (Wildman–Crippen LogP) is 2.39. The number of nitrogens with zero attached hydrogens (tertiary/aromatic N) is 3. The van der Waals surface area contributed by atoms with Crippen LogP contribution in [0.5, 0.6) is 0 Å². The topological polar surface area (TPSA) is 68.0 Å². The van der Waals surface area contributed by atoms with Gasteiger partial charge in [0.1, 0.15) is 5.52 Å². The van der Waals surface area contributed by atoms with E-state index in [9.17, 15) is 4.79 Å². The van der Waals surface area contributed by atoms with E-state index >= 15 is 0 Å². The molecular formula is C10H10BrN3O2S. The molecule has 1 N–H and O–H groups in total. The third-order valence-corrected chi connectivity index (χ3v) is 3.55. The second-order valence-corrected chi connectivity index (χ2v) is 5.18. The van der Waals surface area contributed by atoms with Crippen LogP contribution in [0.3, 0.4) is 0 Å². The van der Waals surface area contributed by atoms with Crippen LogP contribution < -0.4 is 0 Å². The van der Waals surface area contributed by atoms with Gasteiger partial charge in [-0.25, -0.2) is 9.97 Å². The third-order valence-electron chi connectivity index (χ3n) is 2.16. The van der Waals surface area contributed by atoms with E-state index in [1.165, 1.54) is 11.8 Å². The summed E-state index contributed by atoms with van der Waals surface area (Å²) in [6.45, 7) is 2.70. The smallest absolute Gasteiger partial charge is 0.313 e. The van der Waals surface area contributed by atoms with Crippen molar-refractivity contribution in [2.45, 2.75) is 18.6 Å². The molecule has 0 aliphatic rings. The summed E-state index contributed by atoms with van der Waals surface area (Å²) in [4.78, 5) is 19.2. The molecule has 5 nitrogen and oxygen atoms in total. The molecule has 17 heavy (non-hydrogen) atoms. The first-order valence-corrected chi connectivity index (χ1v) is 6.76. The molecule has 2 aromatic rings. The second kappa shape index (κ2) is 5.05. The minimum atomic E-state index is -0.848. The molecule has 0 aliphatic carbocycles. The number of imidazole rings is 1. The summed E-state index contributed by atoms with van der Waals surface area (Å²) in [7, 11) is 0. The van der Waals surface area contributed by atoms with Crippen LogP contribution in [-0.2, 0) is 11.3 Å². The molecule has 0 unspecified atom stereocenters. The molecule has 0 fully saturated rings. The molecular weight excluding hydrogens is 306 g/mol. The van der Waals surface area contributed by atoms with Gasteiger partial charge in [-0.15, -0.1) is 0 Å². The van der Waals surface area contributed by atoms with Gasteiger partial charge in [-0.05, 0) is 28.9 Å². The summed E-state index contributed by atoms with van der Waals surface area (Å²) in [6.07, 6.45) is 1.71. The molecule has 0 atom stereocenters. The Bertz CT molecular complexity index is 570. The maximum atomic E-state index is 10.6. The summed E-state index contributed by atoms with van der Waals surface area (Å²) in [5.74, 6) is -0.844. The van der Waals surface area contributed by atoms with E-state index in [0.717, 1.165) is 15.6 Å². The van der Waals surface area contributed by atoms with Gasteiger partial charge in [0.05, 0.1) is 5.75 Å². The molecule has 2 aromatic heterocycles. The van der Waals surface area contributed by atoms with Crippen LogP contribution in [-0.4, -0.2) is 31.4 Å². The second-order valence-electron chi connectivity index (χ2n) is 3.32. The zero-order valence-electron chi connectivity index (χ0n) is 9.05. The number of carbonyl (C=O) groups is 1. The van der Waals surface area contributed by atoms with Crippen LogP contribution in [0, 0.1) is 0 Å².